The largest absolute Gasteiger partial charge is 0.480 e. The fraction of sp³-hybridized carbons (Fsp3) is 0.500. The number of benzene rings is 1. The normalized spacial score (nSPS) is 13.2. The van der Waals surface area contributed by atoms with Crippen LogP contribution < -0.4 is 10.6 Å². The highest BCUT2D eigenvalue weighted by molar-refractivity contribution is 7.21. The standard InChI is InChI=1S/C16H25BClN2O4P/c1-12(25)20(14-6-4-13(18)5-7-14)11-9-16(19,15(21)22)8-2-3-10-17(23)24/h4-7,23-25H,2-3,8-11,19H2,1H3,(H,21,22). The minimum Gasteiger partial charge on any atom is -0.480 e. The average Bonchev–Trinajstić information content (AvgIpc) is 2.53. The maximum atomic E-state index is 11.6. The molecule has 1 unspecified atom stereocenters. The zero-order valence-electron chi connectivity index (χ0n) is 14.3. The topological polar surface area (TPSA) is 107 Å². The maximum Gasteiger partial charge on any atom is 0.451 e. The van der Waals surface area contributed by atoms with Crippen molar-refractivity contribution in [2.24, 2.45) is 5.73 Å². The number of anilines is 1. The van der Waals surface area contributed by atoms with Crippen LogP contribution in [0.2, 0.25) is 11.3 Å². The summed E-state index contributed by atoms with van der Waals surface area (Å²) < 4.78 is 0. The first-order valence-corrected chi connectivity index (χ1v) is 9.00. The second-order valence-electron chi connectivity index (χ2n) is 6.15. The highest BCUT2D eigenvalue weighted by Gasteiger charge is 2.33. The van der Waals surface area contributed by atoms with Crippen molar-refractivity contribution in [3.63, 3.8) is 0 Å². The third-order valence-electron chi connectivity index (χ3n) is 4.09. The number of carbonyl (C=O) groups is 1. The van der Waals surface area contributed by atoms with E-state index in [9.17, 15) is 9.90 Å². The van der Waals surface area contributed by atoms with Gasteiger partial charge in [-0.15, -0.1) is 8.86 Å². The van der Waals surface area contributed by atoms with Crippen molar-refractivity contribution >= 4 is 44.7 Å². The van der Waals surface area contributed by atoms with Gasteiger partial charge in [0, 0.05) is 22.7 Å². The lowest BCUT2D eigenvalue weighted by Crippen LogP contribution is -2.50. The average molecular weight is 387 g/mol. The monoisotopic (exact) mass is 386 g/mol. The lowest BCUT2D eigenvalue weighted by atomic mass is 9.81. The van der Waals surface area contributed by atoms with Crippen molar-refractivity contribution < 1.29 is 19.9 Å². The molecule has 0 radical (unpaired) electrons. The van der Waals surface area contributed by atoms with Crippen molar-refractivity contribution in [3.05, 3.63) is 29.3 Å². The number of aliphatic carboxylic acids is 1. The second-order valence-corrected chi connectivity index (χ2v) is 7.31. The third-order valence-corrected chi connectivity index (χ3v) is 4.61. The van der Waals surface area contributed by atoms with Crippen molar-refractivity contribution in [3.8, 4) is 0 Å². The van der Waals surface area contributed by atoms with E-state index >= 15 is 0 Å². The molecule has 1 atom stereocenters. The molecule has 0 saturated heterocycles. The number of hydrogen-bond donors (Lipinski definition) is 4. The summed E-state index contributed by atoms with van der Waals surface area (Å²) in [5.74, 6) is -1.06. The van der Waals surface area contributed by atoms with Gasteiger partial charge < -0.3 is 25.8 Å². The van der Waals surface area contributed by atoms with Gasteiger partial charge in [0.1, 0.15) is 5.54 Å². The molecule has 9 heteroatoms. The summed E-state index contributed by atoms with van der Waals surface area (Å²) in [7, 11) is 2.13. The van der Waals surface area contributed by atoms with Gasteiger partial charge >= 0.3 is 13.1 Å². The Morgan fingerprint density at radius 2 is 1.88 bits per heavy atom. The molecule has 0 aliphatic rings. The summed E-state index contributed by atoms with van der Waals surface area (Å²) in [4.78, 5) is 13.6. The van der Waals surface area contributed by atoms with Crippen molar-refractivity contribution in [1.29, 1.82) is 0 Å². The number of nitrogens with zero attached hydrogens (tertiary/aromatic N) is 1. The van der Waals surface area contributed by atoms with Gasteiger partial charge in [0.15, 0.2) is 0 Å². The van der Waals surface area contributed by atoms with Gasteiger partial charge in [0.2, 0.25) is 0 Å². The smallest absolute Gasteiger partial charge is 0.451 e. The molecular formula is C16H25BClN2O4P. The molecule has 1 rings (SSSR count). The van der Waals surface area contributed by atoms with Gasteiger partial charge in [-0.3, -0.25) is 4.79 Å². The van der Waals surface area contributed by atoms with Crippen LogP contribution in [-0.2, 0) is 4.79 Å². The SMILES string of the molecule is CC(=P)N(CCC(N)(CCCCB(O)O)C(=O)O)c1ccc(Cl)cc1. The molecule has 6 nitrogen and oxygen atoms in total. The van der Waals surface area contributed by atoms with Crippen molar-refractivity contribution in [2.75, 3.05) is 11.4 Å². The van der Waals surface area contributed by atoms with Crippen LogP contribution in [0.1, 0.15) is 32.6 Å². The summed E-state index contributed by atoms with van der Waals surface area (Å²) in [6.45, 7) is 2.29. The minimum atomic E-state index is -1.37. The minimum absolute atomic E-state index is 0.209. The summed E-state index contributed by atoms with van der Waals surface area (Å²) >= 11 is 5.91. The zero-order chi connectivity index (χ0) is 19.0. The molecule has 0 aliphatic heterocycles. The number of hydrogen-bond acceptors (Lipinski definition) is 4. The lowest BCUT2D eigenvalue weighted by Gasteiger charge is -2.30. The Balaban J connectivity index is 2.73. The predicted molar refractivity (Wildman–Crippen MR) is 106 cm³/mol. The first kappa shape index (κ1) is 21.9. The van der Waals surface area contributed by atoms with Crippen LogP contribution in [0.15, 0.2) is 24.3 Å². The summed E-state index contributed by atoms with van der Waals surface area (Å²) in [5.41, 5.74) is 6.46. The Hall–Kier alpha value is -1.11. The molecular weight excluding hydrogens is 361 g/mol. The molecule has 0 bridgehead atoms. The molecule has 0 aromatic heterocycles. The summed E-state index contributed by atoms with van der Waals surface area (Å²) in [5, 5.41) is 27.9. The van der Waals surface area contributed by atoms with E-state index < -0.39 is 18.6 Å². The number of rotatable bonds is 11. The zero-order valence-corrected chi connectivity index (χ0v) is 16.0. The molecule has 5 N–H and O–H groups in total. The van der Waals surface area contributed by atoms with E-state index in [1.54, 1.807) is 12.1 Å². The van der Waals surface area contributed by atoms with E-state index in [1.165, 1.54) is 0 Å². The Kier molecular flexibility index (Phi) is 8.90. The lowest BCUT2D eigenvalue weighted by molar-refractivity contribution is -0.143. The van der Waals surface area contributed by atoms with E-state index in [2.05, 4.69) is 8.86 Å². The van der Waals surface area contributed by atoms with Crippen LogP contribution in [0.25, 0.3) is 0 Å². The van der Waals surface area contributed by atoms with Crippen molar-refractivity contribution in [1.82, 2.24) is 0 Å². The fourth-order valence-electron chi connectivity index (χ4n) is 2.53. The Bertz CT molecular complexity index is 588. The first-order chi connectivity index (χ1) is 11.7. The van der Waals surface area contributed by atoms with Crippen LogP contribution in [0.4, 0.5) is 5.69 Å². The number of halogens is 1. The van der Waals surface area contributed by atoms with Gasteiger partial charge in [-0.05, 0) is 50.4 Å². The quantitative estimate of drug-likeness (QED) is 0.264. The molecule has 0 aliphatic carbocycles. The number of nitrogens with two attached hydrogens (primary N) is 1. The molecule has 1 aromatic carbocycles. The summed E-state index contributed by atoms with van der Waals surface area (Å²) in [6, 6.07) is 7.25. The van der Waals surface area contributed by atoms with Crippen LogP contribution in [0.3, 0.4) is 0 Å². The summed E-state index contributed by atoms with van der Waals surface area (Å²) in [6.07, 6.45) is 1.74. The van der Waals surface area contributed by atoms with Crippen LogP contribution in [0, 0.1) is 0 Å². The molecule has 0 fully saturated rings. The van der Waals surface area contributed by atoms with E-state index in [4.69, 9.17) is 27.4 Å². The van der Waals surface area contributed by atoms with Crippen LogP contribution in [-0.4, -0.2) is 45.7 Å². The van der Waals surface area contributed by atoms with Gasteiger partial charge in [0.05, 0.1) is 0 Å². The third kappa shape index (κ3) is 7.34. The number of carboxylic acids is 1. The molecule has 0 saturated carbocycles. The van der Waals surface area contributed by atoms with Gasteiger partial charge in [0.25, 0.3) is 0 Å². The van der Waals surface area contributed by atoms with E-state index in [1.807, 2.05) is 24.0 Å². The second kappa shape index (κ2) is 10.1. The van der Waals surface area contributed by atoms with Gasteiger partial charge in [-0.1, -0.05) is 24.4 Å². The predicted octanol–water partition coefficient (Wildman–Crippen LogP) is 2.25. The maximum absolute atomic E-state index is 11.6. The van der Waals surface area contributed by atoms with E-state index in [0.717, 1.165) is 11.1 Å². The van der Waals surface area contributed by atoms with E-state index in [0.29, 0.717) is 24.4 Å². The van der Waals surface area contributed by atoms with Crippen molar-refractivity contribution in [2.45, 2.75) is 44.5 Å². The number of carboxylic acid groups (broad SMARTS) is 1. The van der Waals surface area contributed by atoms with Gasteiger partial charge in [-0.2, -0.15) is 0 Å². The fourth-order valence-corrected chi connectivity index (χ4v) is 2.90. The Morgan fingerprint density at radius 1 is 1.28 bits per heavy atom. The molecule has 0 spiro atoms. The first-order valence-electron chi connectivity index (χ1n) is 8.12. The molecule has 1 aromatic rings. The Morgan fingerprint density at radius 3 is 2.36 bits per heavy atom. The Labute approximate surface area is 156 Å². The van der Waals surface area contributed by atoms with Crippen LogP contribution >= 0.6 is 20.5 Å². The van der Waals surface area contributed by atoms with Gasteiger partial charge in [-0.25, -0.2) is 0 Å². The molecule has 25 heavy (non-hydrogen) atoms. The number of unbranched alkanes of at least 4 members (excludes halogenated alkanes) is 1. The highest BCUT2D eigenvalue weighted by atomic mass is 35.5. The van der Waals surface area contributed by atoms with E-state index in [-0.39, 0.29) is 19.2 Å². The molecule has 0 heterocycles. The molecule has 138 valence electrons. The highest BCUT2D eigenvalue weighted by Crippen LogP contribution is 2.23. The van der Waals surface area contributed by atoms with Crippen LogP contribution in [0.5, 0.6) is 0 Å². The molecule has 0 amide bonds.